The number of nitrogens with zero attached hydrogens (tertiary/aromatic N) is 1. The molecule has 0 aliphatic heterocycles. The molecule has 2 amide bonds. The van der Waals surface area contributed by atoms with Gasteiger partial charge in [0.05, 0.1) is 5.69 Å². The lowest BCUT2D eigenvalue weighted by Crippen LogP contribution is -2.43. The molecule has 1 heterocycles. The minimum absolute atomic E-state index is 0.0420. The summed E-state index contributed by atoms with van der Waals surface area (Å²) in [6.07, 6.45) is -0.0420. The fraction of sp³-hybridized carbons (Fsp3) is 0.444. The first kappa shape index (κ1) is 13.4. The molecule has 0 aliphatic rings. The van der Waals surface area contributed by atoms with E-state index in [9.17, 15) is 9.59 Å². The van der Waals surface area contributed by atoms with Gasteiger partial charge in [-0.15, -0.1) is 11.3 Å². The van der Waals surface area contributed by atoms with Crippen LogP contribution in [0.3, 0.4) is 0 Å². The van der Waals surface area contributed by atoms with E-state index in [2.05, 4.69) is 15.6 Å². The van der Waals surface area contributed by atoms with Gasteiger partial charge in [-0.05, 0) is 6.92 Å². The van der Waals surface area contributed by atoms with E-state index in [0.717, 1.165) is 5.69 Å². The highest BCUT2D eigenvalue weighted by molar-refractivity contribution is 7.13. The highest BCUT2D eigenvalue weighted by Gasteiger charge is 2.19. The Morgan fingerprint density at radius 1 is 1.59 bits per heavy atom. The quantitative estimate of drug-likeness (QED) is 0.612. The van der Waals surface area contributed by atoms with Crippen LogP contribution in [0.2, 0.25) is 0 Å². The van der Waals surface area contributed by atoms with Crippen molar-refractivity contribution in [2.45, 2.75) is 19.4 Å². The summed E-state index contributed by atoms with van der Waals surface area (Å²) in [5.41, 5.74) is 0.774. The molecule has 0 radical (unpaired) electrons. The third kappa shape index (κ3) is 4.37. The number of carbonyl (C=O) groups excluding carboxylic acids is 1. The molecule has 0 spiro atoms. The summed E-state index contributed by atoms with van der Waals surface area (Å²) < 4.78 is 0. The van der Waals surface area contributed by atoms with Gasteiger partial charge in [-0.3, -0.25) is 5.32 Å². The minimum atomic E-state index is -1.19. The van der Waals surface area contributed by atoms with Crippen LogP contribution in [0.1, 0.15) is 12.1 Å². The predicted octanol–water partition coefficient (Wildman–Crippen LogP) is 0.409. The molecule has 1 aromatic rings. The Balaban J connectivity index is 2.50. The molecule has 0 aromatic carbocycles. The number of rotatable bonds is 5. The minimum Gasteiger partial charge on any atom is -0.480 e. The second-order valence-corrected chi connectivity index (χ2v) is 4.15. The number of carboxylic acid groups (broad SMARTS) is 1. The van der Waals surface area contributed by atoms with E-state index >= 15 is 0 Å². The number of aromatic nitrogens is 1. The first-order chi connectivity index (χ1) is 8.02. The Morgan fingerprint density at radius 3 is 2.76 bits per heavy atom. The summed E-state index contributed by atoms with van der Waals surface area (Å²) >= 11 is 1.25. The third-order valence-corrected chi connectivity index (χ3v) is 2.74. The standard InChI is InChI=1S/C9H13N3O4S/c1-5-4-17-9(10-5)12-8(16)11-6(2-3-13)7(14)15/h4,6,13H,2-3H2,1H3,(H,14,15)(H2,10,11,12,16)/t6-/m1/s1. The zero-order chi connectivity index (χ0) is 12.8. The first-order valence-electron chi connectivity index (χ1n) is 4.86. The average molecular weight is 259 g/mol. The van der Waals surface area contributed by atoms with Crippen molar-refractivity contribution in [2.75, 3.05) is 11.9 Å². The van der Waals surface area contributed by atoms with Gasteiger partial charge < -0.3 is 15.5 Å². The van der Waals surface area contributed by atoms with Crippen LogP contribution < -0.4 is 10.6 Å². The molecule has 0 bridgehead atoms. The number of urea groups is 1. The van der Waals surface area contributed by atoms with E-state index in [0.29, 0.717) is 5.13 Å². The van der Waals surface area contributed by atoms with Crippen molar-refractivity contribution in [2.24, 2.45) is 0 Å². The largest absolute Gasteiger partial charge is 0.480 e. The predicted molar refractivity (Wildman–Crippen MR) is 62.1 cm³/mol. The Bertz CT molecular complexity index is 407. The fourth-order valence-corrected chi connectivity index (χ4v) is 1.77. The van der Waals surface area contributed by atoms with E-state index in [1.165, 1.54) is 11.3 Å². The third-order valence-electron chi connectivity index (χ3n) is 1.86. The number of anilines is 1. The van der Waals surface area contributed by atoms with Gasteiger partial charge in [0.15, 0.2) is 5.13 Å². The molecule has 1 atom stereocenters. The first-order valence-corrected chi connectivity index (χ1v) is 5.74. The summed E-state index contributed by atoms with van der Waals surface area (Å²) in [7, 11) is 0. The molecular weight excluding hydrogens is 246 g/mol. The number of hydrogen-bond acceptors (Lipinski definition) is 5. The Labute approximate surface area is 101 Å². The number of aliphatic hydroxyl groups excluding tert-OH is 1. The highest BCUT2D eigenvalue weighted by atomic mass is 32.1. The molecule has 0 saturated heterocycles. The number of nitrogens with one attached hydrogen (secondary N) is 2. The van der Waals surface area contributed by atoms with Gasteiger partial charge in [-0.2, -0.15) is 0 Å². The second-order valence-electron chi connectivity index (χ2n) is 3.30. The maximum atomic E-state index is 11.4. The SMILES string of the molecule is Cc1csc(NC(=O)N[C@H](CCO)C(=O)O)n1. The van der Waals surface area contributed by atoms with Crippen molar-refractivity contribution >= 4 is 28.5 Å². The molecule has 1 aromatic heterocycles. The van der Waals surface area contributed by atoms with Crippen molar-refractivity contribution in [1.82, 2.24) is 10.3 Å². The molecule has 17 heavy (non-hydrogen) atoms. The maximum Gasteiger partial charge on any atom is 0.326 e. The number of hydrogen-bond donors (Lipinski definition) is 4. The van der Waals surface area contributed by atoms with Crippen LogP contribution in [-0.4, -0.2) is 39.8 Å². The number of aliphatic hydroxyl groups is 1. The summed E-state index contributed by atoms with van der Waals surface area (Å²) in [6, 6.07) is -1.76. The number of amides is 2. The van der Waals surface area contributed by atoms with Crippen LogP contribution in [0.15, 0.2) is 5.38 Å². The zero-order valence-electron chi connectivity index (χ0n) is 9.14. The van der Waals surface area contributed by atoms with E-state index in [1.807, 2.05) is 0 Å². The molecule has 1 rings (SSSR count). The van der Waals surface area contributed by atoms with Gasteiger partial charge in [0, 0.05) is 18.4 Å². The van der Waals surface area contributed by atoms with Crippen molar-refractivity contribution in [3.8, 4) is 0 Å². The van der Waals surface area contributed by atoms with E-state index < -0.39 is 18.0 Å². The van der Waals surface area contributed by atoms with Crippen LogP contribution in [-0.2, 0) is 4.79 Å². The number of aryl methyl sites for hydroxylation is 1. The number of carbonyl (C=O) groups is 2. The monoisotopic (exact) mass is 259 g/mol. The van der Waals surface area contributed by atoms with Crippen molar-refractivity contribution in [3.63, 3.8) is 0 Å². The fourth-order valence-electron chi connectivity index (χ4n) is 1.09. The van der Waals surface area contributed by atoms with Crippen LogP contribution in [0, 0.1) is 6.92 Å². The zero-order valence-corrected chi connectivity index (χ0v) is 9.95. The summed E-state index contributed by atoms with van der Waals surface area (Å²) in [5, 5.41) is 24.2. The smallest absolute Gasteiger partial charge is 0.326 e. The molecule has 0 fully saturated rings. The summed E-state index contributed by atoms with van der Waals surface area (Å²) in [6.45, 7) is 1.47. The van der Waals surface area contributed by atoms with Crippen LogP contribution >= 0.6 is 11.3 Å². The second kappa shape index (κ2) is 6.16. The molecule has 0 saturated carbocycles. The van der Waals surface area contributed by atoms with Crippen molar-refractivity contribution < 1.29 is 19.8 Å². The molecule has 8 heteroatoms. The highest BCUT2D eigenvalue weighted by Crippen LogP contribution is 2.13. The Kier molecular flexibility index (Phi) is 4.85. The van der Waals surface area contributed by atoms with Crippen LogP contribution in [0.25, 0.3) is 0 Å². The molecule has 0 unspecified atom stereocenters. The summed E-state index contributed by atoms with van der Waals surface area (Å²) in [5.74, 6) is -1.19. The lowest BCUT2D eigenvalue weighted by molar-refractivity contribution is -0.139. The average Bonchev–Trinajstić information content (AvgIpc) is 2.63. The molecule has 94 valence electrons. The summed E-state index contributed by atoms with van der Waals surface area (Å²) in [4.78, 5) is 26.1. The van der Waals surface area contributed by atoms with Gasteiger partial charge in [0.2, 0.25) is 0 Å². The van der Waals surface area contributed by atoms with Crippen molar-refractivity contribution in [3.05, 3.63) is 11.1 Å². The van der Waals surface area contributed by atoms with Crippen LogP contribution in [0.4, 0.5) is 9.93 Å². The normalized spacial score (nSPS) is 11.9. The Hall–Kier alpha value is -1.67. The van der Waals surface area contributed by atoms with Crippen molar-refractivity contribution in [1.29, 1.82) is 0 Å². The van der Waals surface area contributed by atoms with Crippen LogP contribution in [0.5, 0.6) is 0 Å². The van der Waals surface area contributed by atoms with E-state index in [-0.39, 0.29) is 13.0 Å². The lowest BCUT2D eigenvalue weighted by atomic mass is 10.2. The van der Waals surface area contributed by atoms with Gasteiger partial charge in [-0.25, -0.2) is 14.6 Å². The molecule has 0 aliphatic carbocycles. The lowest BCUT2D eigenvalue weighted by Gasteiger charge is -2.12. The number of thiazole rings is 1. The number of aliphatic carboxylic acids is 1. The van der Waals surface area contributed by atoms with Gasteiger partial charge in [0.1, 0.15) is 6.04 Å². The van der Waals surface area contributed by atoms with Gasteiger partial charge in [0.25, 0.3) is 0 Å². The molecule has 7 nitrogen and oxygen atoms in total. The topological polar surface area (TPSA) is 112 Å². The molecular formula is C9H13N3O4S. The van der Waals surface area contributed by atoms with Gasteiger partial charge in [-0.1, -0.05) is 0 Å². The molecule has 4 N–H and O–H groups in total. The maximum absolute atomic E-state index is 11.4. The number of carboxylic acids is 1. The van der Waals surface area contributed by atoms with Gasteiger partial charge >= 0.3 is 12.0 Å². The van der Waals surface area contributed by atoms with E-state index in [4.69, 9.17) is 10.2 Å². The van der Waals surface area contributed by atoms with E-state index in [1.54, 1.807) is 12.3 Å². The Morgan fingerprint density at radius 2 is 2.29 bits per heavy atom.